The van der Waals surface area contributed by atoms with Crippen LogP contribution < -0.4 is 0 Å². The second kappa shape index (κ2) is 10.1. The summed E-state index contributed by atoms with van der Waals surface area (Å²) in [5, 5.41) is 1.04. The SMILES string of the molecule is c1ccc(-c2cc(-c3cccc(-c4ccc5nc(-c6ccccc6)sc5c4)c3)nc(-c3ccccc3)n2)cc1. The van der Waals surface area contributed by atoms with Gasteiger partial charge < -0.3 is 0 Å². The summed E-state index contributed by atoms with van der Waals surface area (Å²) >= 11 is 1.73. The van der Waals surface area contributed by atoms with Crippen LogP contribution in [0.15, 0.2) is 140 Å². The molecule has 0 aliphatic rings. The predicted octanol–water partition coefficient (Wildman–Crippen LogP) is 9.42. The summed E-state index contributed by atoms with van der Waals surface area (Å²) in [5.74, 6) is 0.719. The summed E-state index contributed by atoms with van der Waals surface area (Å²) in [6.45, 7) is 0. The number of aromatic nitrogens is 3. The molecule has 0 aliphatic heterocycles. The topological polar surface area (TPSA) is 38.7 Å². The van der Waals surface area contributed by atoms with Crippen LogP contribution in [0.1, 0.15) is 0 Å². The number of thiazole rings is 1. The van der Waals surface area contributed by atoms with Gasteiger partial charge in [-0.1, -0.05) is 115 Å². The smallest absolute Gasteiger partial charge is 0.160 e. The minimum absolute atomic E-state index is 0.719. The van der Waals surface area contributed by atoms with Gasteiger partial charge in [-0.2, -0.15) is 0 Å². The van der Waals surface area contributed by atoms with E-state index in [2.05, 4.69) is 97.1 Å². The Morgan fingerprint density at radius 1 is 0.385 bits per heavy atom. The van der Waals surface area contributed by atoms with Gasteiger partial charge in [0, 0.05) is 22.3 Å². The zero-order valence-corrected chi connectivity index (χ0v) is 21.8. The molecule has 2 heterocycles. The molecule has 184 valence electrons. The summed E-state index contributed by atoms with van der Waals surface area (Å²) in [6.07, 6.45) is 0. The van der Waals surface area contributed by atoms with Crippen molar-refractivity contribution in [2.75, 3.05) is 0 Å². The molecular formula is C35H23N3S. The van der Waals surface area contributed by atoms with Crippen LogP contribution in [0.5, 0.6) is 0 Å². The van der Waals surface area contributed by atoms with Gasteiger partial charge in [0.05, 0.1) is 21.6 Å². The van der Waals surface area contributed by atoms with Gasteiger partial charge in [0.15, 0.2) is 5.82 Å². The van der Waals surface area contributed by atoms with Crippen LogP contribution in [0.4, 0.5) is 0 Å². The maximum absolute atomic E-state index is 5.00. The van der Waals surface area contributed by atoms with Gasteiger partial charge in [-0.3, -0.25) is 0 Å². The Morgan fingerprint density at radius 3 is 1.67 bits per heavy atom. The highest BCUT2D eigenvalue weighted by atomic mass is 32.1. The molecule has 2 aromatic heterocycles. The molecule has 0 saturated heterocycles. The molecule has 3 nitrogen and oxygen atoms in total. The summed E-state index contributed by atoms with van der Waals surface area (Å²) in [7, 11) is 0. The van der Waals surface area contributed by atoms with Crippen molar-refractivity contribution < 1.29 is 0 Å². The van der Waals surface area contributed by atoms with Crippen LogP contribution in [0.25, 0.3) is 65.8 Å². The van der Waals surface area contributed by atoms with Crippen molar-refractivity contribution in [3.8, 4) is 55.6 Å². The normalized spacial score (nSPS) is 11.1. The highest BCUT2D eigenvalue weighted by molar-refractivity contribution is 7.21. The van der Waals surface area contributed by atoms with Crippen molar-refractivity contribution >= 4 is 21.6 Å². The fourth-order valence-corrected chi connectivity index (χ4v) is 5.75. The third-order valence-corrected chi connectivity index (χ3v) is 7.80. The van der Waals surface area contributed by atoms with Crippen LogP contribution in [0, 0.1) is 0 Å². The van der Waals surface area contributed by atoms with Gasteiger partial charge >= 0.3 is 0 Å². The molecule has 5 aromatic carbocycles. The fourth-order valence-electron chi connectivity index (χ4n) is 4.73. The molecule has 0 N–H and O–H groups in total. The summed E-state index contributed by atoms with van der Waals surface area (Å²) in [4.78, 5) is 14.8. The van der Waals surface area contributed by atoms with Gasteiger partial charge in [0.1, 0.15) is 5.01 Å². The quantitative estimate of drug-likeness (QED) is 0.228. The lowest BCUT2D eigenvalue weighted by atomic mass is 10.0. The lowest BCUT2D eigenvalue weighted by molar-refractivity contribution is 1.18. The minimum atomic E-state index is 0.719. The van der Waals surface area contributed by atoms with Crippen molar-refractivity contribution in [1.29, 1.82) is 0 Å². The van der Waals surface area contributed by atoms with Gasteiger partial charge in [-0.15, -0.1) is 11.3 Å². The molecule has 4 heteroatoms. The lowest BCUT2D eigenvalue weighted by Gasteiger charge is -2.10. The van der Waals surface area contributed by atoms with Crippen molar-refractivity contribution in [3.63, 3.8) is 0 Å². The van der Waals surface area contributed by atoms with Gasteiger partial charge in [0.2, 0.25) is 0 Å². The monoisotopic (exact) mass is 517 g/mol. The van der Waals surface area contributed by atoms with Crippen LogP contribution in [0.2, 0.25) is 0 Å². The molecule has 0 unspecified atom stereocenters. The zero-order valence-electron chi connectivity index (χ0n) is 21.0. The number of nitrogens with zero attached hydrogens (tertiary/aromatic N) is 3. The molecule has 0 amide bonds. The molecule has 39 heavy (non-hydrogen) atoms. The van der Waals surface area contributed by atoms with Gasteiger partial charge in [-0.25, -0.2) is 15.0 Å². The summed E-state index contributed by atoms with van der Waals surface area (Å²) < 4.78 is 1.18. The van der Waals surface area contributed by atoms with E-state index in [4.69, 9.17) is 15.0 Å². The molecule has 7 aromatic rings. The third kappa shape index (κ3) is 4.74. The van der Waals surface area contributed by atoms with E-state index in [0.29, 0.717) is 0 Å². The van der Waals surface area contributed by atoms with Gasteiger partial charge in [0.25, 0.3) is 0 Å². The standard InChI is InChI=1S/C35H23N3S/c1-4-11-24(12-5-1)31-23-32(37-34(36-31)25-13-6-2-7-14-25)29-18-10-17-27(21-29)28-19-20-30-33(22-28)39-35(38-30)26-15-8-3-9-16-26/h1-23H. The van der Waals surface area contributed by atoms with Crippen LogP contribution in [0.3, 0.4) is 0 Å². The molecule has 0 saturated carbocycles. The summed E-state index contributed by atoms with van der Waals surface area (Å²) in [5.41, 5.74) is 9.40. The Bertz CT molecular complexity index is 1840. The number of fused-ring (bicyclic) bond motifs is 1. The average Bonchev–Trinajstić information content (AvgIpc) is 3.46. The molecule has 0 aliphatic carbocycles. The Hall–Kier alpha value is -4.93. The van der Waals surface area contributed by atoms with E-state index in [1.807, 2.05) is 42.5 Å². The van der Waals surface area contributed by atoms with E-state index >= 15 is 0 Å². The zero-order chi connectivity index (χ0) is 26.0. The number of rotatable bonds is 5. The van der Waals surface area contributed by atoms with E-state index in [0.717, 1.165) is 61.1 Å². The summed E-state index contributed by atoms with van der Waals surface area (Å²) in [6, 6.07) is 48.0. The molecular weight excluding hydrogens is 494 g/mol. The van der Waals surface area contributed by atoms with E-state index in [1.54, 1.807) is 11.3 Å². The van der Waals surface area contributed by atoms with Crippen molar-refractivity contribution in [3.05, 3.63) is 140 Å². The molecule has 0 fully saturated rings. The lowest BCUT2D eigenvalue weighted by Crippen LogP contribution is -1.96. The fraction of sp³-hybridized carbons (Fsp3) is 0. The second-order valence-corrected chi connectivity index (χ2v) is 10.4. The van der Waals surface area contributed by atoms with Crippen molar-refractivity contribution in [2.24, 2.45) is 0 Å². The van der Waals surface area contributed by atoms with E-state index < -0.39 is 0 Å². The second-order valence-electron chi connectivity index (χ2n) is 9.34. The maximum atomic E-state index is 5.00. The Balaban J connectivity index is 1.31. The van der Waals surface area contributed by atoms with Crippen LogP contribution in [-0.4, -0.2) is 15.0 Å². The first-order valence-corrected chi connectivity index (χ1v) is 13.7. The number of hydrogen-bond acceptors (Lipinski definition) is 4. The van der Waals surface area contributed by atoms with E-state index in [9.17, 15) is 0 Å². The highest BCUT2D eigenvalue weighted by Gasteiger charge is 2.12. The van der Waals surface area contributed by atoms with Crippen molar-refractivity contribution in [1.82, 2.24) is 15.0 Å². The van der Waals surface area contributed by atoms with Gasteiger partial charge in [-0.05, 0) is 35.4 Å². The number of hydrogen-bond donors (Lipinski definition) is 0. The van der Waals surface area contributed by atoms with E-state index in [1.165, 1.54) is 4.70 Å². The maximum Gasteiger partial charge on any atom is 0.160 e. The van der Waals surface area contributed by atoms with Crippen LogP contribution >= 0.6 is 11.3 Å². The van der Waals surface area contributed by atoms with E-state index in [-0.39, 0.29) is 0 Å². The first kappa shape index (κ1) is 23.2. The molecule has 7 rings (SSSR count). The Morgan fingerprint density at radius 2 is 0.949 bits per heavy atom. The third-order valence-electron chi connectivity index (χ3n) is 6.73. The predicted molar refractivity (Wildman–Crippen MR) is 162 cm³/mol. The molecule has 0 atom stereocenters. The minimum Gasteiger partial charge on any atom is -0.236 e. The number of benzene rings is 5. The molecule has 0 radical (unpaired) electrons. The average molecular weight is 518 g/mol. The molecule has 0 spiro atoms. The van der Waals surface area contributed by atoms with Crippen molar-refractivity contribution in [2.45, 2.75) is 0 Å². The first-order chi connectivity index (χ1) is 19.3. The Kier molecular flexibility index (Phi) is 6.00. The van der Waals surface area contributed by atoms with Crippen LogP contribution in [-0.2, 0) is 0 Å². The largest absolute Gasteiger partial charge is 0.236 e. The Labute approximate surface area is 231 Å². The molecule has 0 bridgehead atoms. The highest BCUT2D eigenvalue weighted by Crippen LogP contribution is 2.34. The first-order valence-electron chi connectivity index (χ1n) is 12.9.